The maximum Gasteiger partial charge on any atom is 0.323 e. The first-order valence-electron chi connectivity index (χ1n) is 14.1. The molecule has 0 aliphatic carbocycles. The van der Waals surface area contributed by atoms with Crippen LogP contribution in [0.4, 0.5) is 11.4 Å². The summed E-state index contributed by atoms with van der Waals surface area (Å²) in [6.07, 6.45) is 2.47. The second-order valence-corrected chi connectivity index (χ2v) is 10.7. The van der Waals surface area contributed by atoms with Gasteiger partial charge in [0, 0.05) is 34.4 Å². The number of hydrogen-bond acceptors (Lipinski definition) is 7. The zero-order valence-corrected chi connectivity index (χ0v) is 24.7. The summed E-state index contributed by atoms with van der Waals surface area (Å²) in [7, 11) is 1.47. The first-order chi connectivity index (χ1) is 20.2. The summed E-state index contributed by atoms with van der Waals surface area (Å²) in [5, 5.41) is 3.34. The van der Waals surface area contributed by atoms with Crippen molar-refractivity contribution < 1.29 is 23.9 Å². The highest BCUT2D eigenvalue weighted by Crippen LogP contribution is 2.39. The third kappa shape index (κ3) is 7.28. The Hall–Kier alpha value is -3.92. The molecule has 0 spiro atoms. The number of halogens is 1. The second-order valence-electron chi connectivity index (χ2n) is 10.3. The average molecular weight is 593 g/mol. The molecule has 0 aromatic heterocycles. The van der Waals surface area contributed by atoms with Gasteiger partial charge in [-0.3, -0.25) is 14.4 Å². The summed E-state index contributed by atoms with van der Waals surface area (Å²) in [5.74, 6) is -0.730. The Bertz CT molecular complexity index is 1450. The summed E-state index contributed by atoms with van der Waals surface area (Å²) in [4.78, 5) is 41.2. The van der Waals surface area contributed by atoms with E-state index < -0.39 is 18.1 Å². The molecule has 1 aliphatic rings. The molecule has 42 heavy (non-hydrogen) atoms. The van der Waals surface area contributed by atoms with Gasteiger partial charge in [-0.1, -0.05) is 36.2 Å². The summed E-state index contributed by atoms with van der Waals surface area (Å²) < 4.78 is 11.4. The SMILES string of the molecule is COc1cc(NC(=O)c2ccccc2C)ccc1C(=O)N1CCCC(OC(=O)[C@@H](N)CCCCN)c2cc(Cl)ccc21. The van der Waals surface area contributed by atoms with E-state index in [1.165, 1.54) is 7.11 Å². The van der Waals surface area contributed by atoms with Crippen LogP contribution in [0, 0.1) is 6.92 Å². The number of nitrogens with zero attached hydrogens (tertiary/aromatic N) is 1. The molecule has 0 fully saturated rings. The summed E-state index contributed by atoms with van der Waals surface area (Å²) >= 11 is 6.35. The van der Waals surface area contributed by atoms with E-state index in [2.05, 4.69) is 5.32 Å². The minimum absolute atomic E-state index is 0.257. The third-order valence-electron chi connectivity index (χ3n) is 7.33. The molecular weight excluding hydrogens is 556 g/mol. The normalized spacial score (nSPS) is 15.3. The molecule has 4 rings (SSSR count). The van der Waals surface area contributed by atoms with E-state index in [9.17, 15) is 14.4 Å². The molecule has 0 saturated carbocycles. The number of methoxy groups -OCH3 is 1. The summed E-state index contributed by atoms with van der Waals surface area (Å²) in [6, 6.07) is 16.6. The zero-order valence-electron chi connectivity index (χ0n) is 23.9. The molecule has 0 bridgehead atoms. The molecular formula is C32H37ClN4O5. The van der Waals surface area contributed by atoms with Crippen molar-refractivity contribution in [2.75, 3.05) is 30.4 Å². The number of fused-ring (bicyclic) bond motifs is 1. The van der Waals surface area contributed by atoms with E-state index in [4.69, 9.17) is 32.5 Å². The highest BCUT2D eigenvalue weighted by Gasteiger charge is 2.31. The van der Waals surface area contributed by atoms with E-state index in [0.29, 0.717) is 71.2 Å². The fourth-order valence-corrected chi connectivity index (χ4v) is 5.22. The fraction of sp³-hybridized carbons (Fsp3) is 0.344. The Morgan fingerprint density at radius 2 is 1.86 bits per heavy atom. The monoisotopic (exact) mass is 592 g/mol. The van der Waals surface area contributed by atoms with Crippen molar-refractivity contribution in [2.24, 2.45) is 11.5 Å². The van der Waals surface area contributed by atoms with Gasteiger partial charge in [0.2, 0.25) is 0 Å². The summed E-state index contributed by atoms with van der Waals surface area (Å²) in [5.41, 5.74) is 15.1. The molecule has 1 unspecified atom stereocenters. The van der Waals surface area contributed by atoms with Crippen LogP contribution in [0.15, 0.2) is 60.7 Å². The molecule has 5 N–H and O–H groups in total. The maximum atomic E-state index is 14.0. The standard InChI is InChI=1S/C32H37ClN4O5/c1-20-8-3-4-9-23(20)30(38)36-22-13-14-24(29(19-22)41-2)31(39)37-17-7-11-28(25-18-21(33)12-15-27(25)37)42-32(40)26(35)10-5-6-16-34/h3-4,8-9,12-15,18-19,26,28H,5-7,10-11,16-17,34-35H2,1-2H3,(H,36,38)/t26-,28?/m0/s1. The van der Waals surface area contributed by atoms with Crippen molar-refractivity contribution in [3.05, 3.63) is 87.9 Å². The smallest absolute Gasteiger partial charge is 0.323 e. The Morgan fingerprint density at radius 3 is 2.60 bits per heavy atom. The topological polar surface area (TPSA) is 137 Å². The number of hydrogen-bond donors (Lipinski definition) is 3. The van der Waals surface area contributed by atoms with Gasteiger partial charge >= 0.3 is 5.97 Å². The molecule has 10 heteroatoms. The zero-order chi connectivity index (χ0) is 30.2. The molecule has 0 radical (unpaired) electrons. The van der Waals surface area contributed by atoms with Gasteiger partial charge in [0.25, 0.3) is 11.8 Å². The van der Waals surface area contributed by atoms with E-state index in [0.717, 1.165) is 18.4 Å². The van der Waals surface area contributed by atoms with Gasteiger partial charge in [0.15, 0.2) is 0 Å². The number of unbranched alkanes of at least 4 members (excludes halogenated alkanes) is 1. The lowest BCUT2D eigenvalue weighted by Gasteiger charge is -2.25. The molecule has 2 atom stereocenters. The van der Waals surface area contributed by atoms with E-state index in [1.54, 1.807) is 53.4 Å². The third-order valence-corrected chi connectivity index (χ3v) is 7.57. The van der Waals surface area contributed by atoms with Gasteiger partial charge in [0.1, 0.15) is 17.9 Å². The lowest BCUT2D eigenvalue weighted by molar-refractivity contribution is -0.151. The van der Waals surface area contributed by atoms with Gasteiger partial charge in [0.05, 0.1) is 18.4 Å². The molecule has 3 aromatic carbocycles. The number of rotatable bonds is 10. The quantitative estimate of drug-likeness (QED) is 0.212. The van der Waals surface area contributed by atoms with E-state index >= 15 is 0 Å². The first-order valence-corrected chi connectivity index (χ1v) is 14.4. The van der Waals surface area contributed by atoms with Crippen LogP contribution in [0.1, 0.15) is 70.1 Å². The Morgan fingerprint density at radius 1 is 1.07 bits per heavy atom. The van der Waals surface area contributed by atoms with Crippen LogP contribution in [0.25, 0.3) is 0 Å². The predicted molar refractivity (Wildman–Crippen MR) is 164 cm³/mol. The number of ether oxygens (including phenoxy) is 2. The Kier molecular flexibility index (Phi) is 10.6. The van der Waals surface area contributed by atoms with Crippen molar-refractivity contribution in [1.29, 1.82) is 0 Å². The van der Waals surface area contributed by atoms with Crippen molar-refractivity contribution in [1.82, 2.24) is 0 Å². The van der Waals surface area contributed by atoms with Crippen LogP contribution in [-0.2, 0) is 9.53 Å². The van der Waals surface area contributed by atoms with Gasteiger partial charge < -0.3 is 31.2 Å². The molecule has 1 aliphatic heterocycles. The largest absolute Gasteiger partial charge is 0.496 e. The minimum Gasteiger partial charge on any atom is -0.496 e. The van der Waals surface area contributed by atoms with Crippen molar-refractivity contribution in [2.45, 2.75) is 51.2 Å². The van der Waals surface area contributed by atoms with Gasteiger partial charge in [-0.2, -0.15) is 0 Å². The van der Waals surface area contributed by atoms with Crippen LogP contribution >= 0.6 is 11.6 Å². The predicted octanol–water partition coefficient (Wildman–Crippen LogP) is 5.39. The number of nitrogens with one attached hydrogen (secondary N) is 1. The van der Waals surface area contributed by atoms with Crippen molar-refractivity contribution in [3.8, 4) is 5.75 Å². The highest BCUT2D eigenvalue weighted by molar-refractivity contribution is 6.30. The Labute approximate surface area is 251 Å². The van der Waals surface area contributed by atoms with Crippen molar-refractivity contribution >= 4 is 40.8 Å². The molecule has 1 heterocycles. The van der Waals surface area contributed by atoms with Crippen LogP contribution in [0.3, 0.4) is 0 Å². The lowest BCUT2D eigenvalue weighted by Crippen LogP contribution is -2.33. The molecule has 9 nitrogen and oxygen atoms in total. The number of amides is 2. The number of aryl methyl sites for hydroxylation is 1. The number of benzene rings is 3. The summed E-state index contributed by atoms with van der Waals surface area (Å²) in [6.45, 7) is 2.79. The Balaban J connectivity index is 1.57. The average Bonchev–Trinajstić information content (AvgIpc) is 3.15. The van der Waals surface area contributed by atoms with Gasteiger partial charge in [-0.25, -0.2) is 0 Å². The maximum absolute atomic E-state index is 14.0. The highest BCUT2D eigenvalue weighted by atomic mass is 35.5. The first kappa shape index (κ1) is 31.0. The number of esters is 1. The van der Waals surface area contributed by atoms with Gasteiger partial charge in [-0.15, -0.1) is 0 Å². The van der Waals surface area contributed by atoms with E-state index in [-0.39, 0.29) is 11.8 Å². The van der Waals surface area contributed by atoms with Crippen LogP contribution in [-0.4, -0.2) is 44.0 Å². The molecule has 2 amide bonds. The van der Waals surface area contributed by atoms with Crippen LogP contribution in [0.2, 0.25) is 5.02 Å². The molecule has 3 aromatic rings. The van der Waals surface area contributed by atoms with Crippen LogP contribution < -0.4 is 26.4 Å². The number of carbonyl (C=O) groups excluding carboxylic acids is 3. The fourth-order valence-electron chi connectivity index (χ4n) is 5.04. The van der Waals surface area contributed by atoms with Crippen LogP contribution in [0.5, 0.6) is 5.75 Å². The minimum atomic E-state index is -0.755. The molecule has 0 saturated heterocycles. The van der Waals surface area contributed by atoms with Gasteiger partial charge in [-0.05, 0) is 81.1 Å². The number of anilines is 2. The lowest BCUT2D eigenvalue weighted by atomic mass is 10.0. The molecule has 222 valence electrons. The number of nitrogens with two attached hydrogens (primary N) is 2. The van der Waals surface area contributed by atoms with Crippen molar-refractivity contribution in [3.63, 3.8) is 0 Å². The number of carbonyl (C=O) groups is 3. The van der Waals surface area contributed by atoms with E-state index in [1.807, 2.05) is 19.1 Å². The second kappa shape index (κ2) is 14.3.